The van der Waals surface area contributed by atoms with E-state index in [1.165, 1.54) is 36.1 Å². The molecule has 1 nitrogen and oxygen atoms in total. The number of hydrogen-bond donors (Lipinski definition) is 0. The summed E-state index contributed by atoms with van der Waals surface area (Å²) < 4.78 is 0. The Labute approximate surface area is 127 Å². The standard InChI is InChI=1S/C20H23N/c1-3-4-13-21-19-14-15-9-5-7-11-17(15)20(21,2)18-12-8-6-10-16(18)19/h5-12,19H,3-4,13-14H2,1-2H3/t19-,20+/m1/s1. The van der Waals surface area contributed by atoms with Crippen LogP contribution in [-0.2, 0) is 12.0 Å². The summed E-state index contributed by atoms with van der Waals surface area (Å²) in [6.45, 7) is 5.91. The highest BCUT2D eigenvalue weighted by molar-refractivity contribution is 5.54. The van der Waals surface area contributed by atoms with Crippen molar-refractivity contribution in [1.82, 2.24) is 4.90 Å². The van der Waals surface area contributed by atoms with E-state index in [0.717, 1.165) is 6.42 Å². The summed E-state index contributed by atoms with van der Waals surface area (Å²) in [5.41, 5.74) is 6.19. The van der Waals surface area contributed by atoms with Gasteiger partial charge >= 0.3 is 0 Å². The highest BCUT2D eigenvalue weighted by Crippen LogP contribution is 2.55. The zero-order chi connectivity index (χ0) is 14.4. The van der Waals surface area contributed by atoms with Crippen LogP contribution < -0.4 is 0 Å². The molecule has 4 rings (SSSR count). The predicted octanol–water partition coefficient (Wildman–Crippen LogP) is 4.66. The van der Waals surface area contributed by atoms with Gasteiger partial charge in [-0.05, 0) is 48.6 Å². The third-order valence-corrected chi connectivity index (χ3v) is 5.50. The summed E-state index contributed by atoms with van der Waals surface area (Å²) in [7, 11) is 0. The molecule has 0 aromatic heterocycles. The average molecular weight is 277 g/mol. The predicted molar refractivity (Wildman–Crippen MR) is 87.4 cm³/mol. The van der Waals surface area contributed by atoms with Gasteiger partial charge in [-0.1, -0.05) is 61.9 Å². The maximum absolute atomic E-state index is 2.75. The fourth-order valence-corrected chi connectivity index (χ4v) is 4.47. The fraction of sp³-hybridized carbons (Fsp3) is 0.400. The van der Waals surface area contributed by atoms with Crippen LogP contribution in [0.25, 0.3) is 0 Å². The maximum atomic E-state index is 2.75. The molecule has 21 heavy (non-hydrogen) atoms. The Bertz CT molecular complexity index is 662. The molecule has 2 aromatic rings. The Hall–Kier alpha value is -1.60. The third kappa shape index (κ3) is 1.67. The smallest absolute Gasteiger partial charge is 0.0698 e. The highest BCUT2D eigenvalue weighted by Gasteiger charge is 2.51. The van der Waals surface area contributed by atoms with E-state index in [9.17, 15) is 0 Å². The van der Waals surface area contributed by atoms with Gasteiger partial charge in [0.1, 0.15) is 0 Å². The number of benzene rings is 2. The topological polar surface area (TPSA) is 3.24 Å². The van der Waals surface area contributed by atoms with Crippen molar-refractivity contribution in [2.45, 2.75) is 44.7 Å². The van der Waals surface area contributed by atoms with Gasteiger partial charge in [-0.15, -0.1) is 0 Å². The Morgan fingerprint density at radius 1 is 1.05 bits per heavy atom. The molecule has 1 heteroatoms. The van der Waals surface area contributed by atoms with E-state index >= 15 is 0 Å². The van der Waals surface area contributed by atoms with Gasteiger partial charge in [-0.3, -0.25) is 4.90 Å². The van der Waals surface area contributed by atoms with E-state index in [1.807, 2.05) is 0 Å². The van der Waals surface area contributed by atoms with Gasteiger partial charge in [0.15, 0.2) is 0 Å². The quantitative estimate of drug-likeness (QED) is 0.788. The Morgan fingerprint density at radius 2 is 1.76 bits per heavy atom. The average Bonchev–Trinajstić information content (AvgIpc) is 2.69. The minimum Gasteiger partial charge on any atom is -0.283 e. The lowest BCUT2D eigenvalue weighted by atomic mass is 9.80. The first kappa shape index (κ1) is 13.1. The number of unbranched alkanes of at least 4 members (excludes halogenated alkanes) is 1. The van der Waals surface area contributed by atoms with Crippen LogP contribution in [0.3, 0.4) is 0 Å². The van der Waals surface area contributed by atoms with Crippen molar-refractivity contribution in [3.05, 3.63) is 70.8 Å². The zero-order valence-corrected chi connectivity index (χ0v) is 13.0. The normalized spacial score (nSPS) is 26.5. The molecule has 0 radical (unpaired) electrons. The first-order valence-corrected chi connectivity index (χ1v) is 8.21. The van der Waals surface area contributed by atoms with Crippen LogP contribution in [0, 0.1) is 0 Å². The van der Waals surface area contributed by atoms with E-state index in [-0.39, 0.29) is 5.54 Å². The van der Waals surface area contributed by atoms with Gasteiger partial charge in [-0.25, -0.2) is 0 Å². The summed E-state index contributed by atoms with van der Waals surface area (Å²) in [5, 5.41) is 0. The molecule has 2 aliphatic rings. The minimum atomic E-state index is 0.0608. The summed E-state index contributed by atoms with van der Waals surface area (Å²) in [6, 6.07) is 18.7. The van der Waals surface area contributed by atoms with E-state index in [1.54, 1.807) is 5.56 Å². The summed E-state index contributed by atoms with van der Waals surface area (Å²) >= 11 is 0. The lowest BCUT2D eigenvalue weighted by molar-refractivity contribution is 0.0937. The molecule has 2 aromatic carbocycles. The van der Waals surface area contributed by atoms with Crippen molar-refractivity contribution in [3.63, 3.8) is 0 Å². The maximum Gasteiger partial charge on any atom is 0.0698 e. The molecule has 0 fully saturated rings. The zero-order valence-electron chi connectivity index (χ0n) is 13.0. The molecular weight excluding hydrogens is 254 g/mol. The fourth-order valence-electron chi connectivity index (χ4n) is 4.47. The second kappa shape index (κ2) is 4.71. The molecule has 108 valence electrons. The van der Waals surface area contributed by atoms with Crippen LogP contribution in [0.1, 0.15) is 55.0 Å². The monoisotopic (exact) mass is 277 g/mol. The molecule has 0 aliphatic carbocycles. The van der Waals surface area contributed by atoms with Crippen LogP contribution in [0.4, 0.5) is 0 Å². The molecule has 2 atom stereocenters. The number of fused-ring (bicyclic) bond motifs is 7. The lowest BCUT2D eigenvalue weighted by Gasteiger charge is -2.44. The van der Waals surface area contributed by atoms with Crippen molar-refractivity contribution in [1.29, 1.82) is 0 Å². The van der Waals surface area contributed by atoms with Crippen molar-refractivity contribution < 1.29 is 0 Å². The molecular formula is C20H23N. The van der Waals surface area contributed by atoms with Gasteiger partial charge in [0.2, 0.25) is 0 Å². The molecule has 0 unspecified atom stereocenters. The van der Waals surface area contributed by atoms with Crippen LogP contribution in [0.5, 0.6) is 0 Å². The number of nitrogens with zero attached hydrogens (tertiary/aromatic N) is 1. The van der Waals surface area contributed by atoms with Crippen LogP contribution >= 0.6 is 0 Å². The van der Waals surface area contributed by atoms with E-state index < -0.39 is 0 Å². The molecule has 0 N–H and O–H groups in total. The summed E-state index contributed by atoms with van der Waals surface area (Å²) in [5.74, 6) is 0. The second-order valence-electron chi connectivity index (χ2n) is 6.58. The van der Waals surface area contributed by atoms with Crippen LogP contribution in [-0.4, -0.2) is 11.4 Å². The Balaban J connectivity index is 1.93. The summed E-state index contributed by atoms with van der Waals surface area (Å²) in [4.78, 5) is 2.75. The molecule has 2 bridgehead atoms. The number of hydrogen-bond acceptors (Lipinski definition) is 1. The van der Waals surface area contributed by atoms with E-state index in [4.69, 9.17) is 0 Å². The van der Waals surface area contributed by atoms with Gasteiger partial charge in [-0.2, -0.15) is 0 Å². The van der Waals surface area contributed by atoms with Gasteiger partial charge < -0.3 is 0 Å². The number of rotatable bonds is 3. The minimum absolute atomic E-state index is 0.0608. The summed E-state index contributed by atoms with van der Waals surface area (Å²) in [6.07, 6.45) is 3.70. The molecule has 0 spiro atoms. The molecule has 2 heterocycles. The van der Waals surface area contributed by atoms with Crippen LogP contribution in [0.2, 0.25) is 0 Å². The van der Waals surface area contributed by atoms with Crippen molar-refractivity contribution in [3.8, 4) is 0 Å². The molecule has 0 amide bonds. The highest BCUT2D eigenvalue weighted by atomic mass is 15.3. The first-order chi connectivity index (χ1) is 10.3. The largest absolute Gasteiger partial charge is 0.283 e. The van der Waals surface area contributed by atoms with Crippen LogP contribution in [0.15, 0.2) is 48.5 Å². The van der Waals surface area contributed by atoms with Crippen molar-refractivity contribution in [2.75, 3.05) is 6.54 Å². The van der Waals surface area contributed by atoms with Gasteiger partial charge in [0.05, 0.1) is 5.54 Å². The van der Waals surface area contributed by atoms with E-state index in [2.05, 4.69) is 67.3 Å². The molecule has 0 saturated heterocycles. The van der Waals surface area contributed by atoms with E-state index in [0.29, 0.717) is 6.04 Å². The molecule has 2 aliphatic heterocycles. The third-order valence-electron chi connectivity index (χ3n) is 5.50. The first-order valence-electron chi connectivity index (χ1n) is 8.21. The van der Waals surface area contributed by atoms with Crippen molar-refractivity contribution >= 4 is 0 Å². The van der Waals surface area contributed by atoms with Gasteiger partial charge in [0, 0.05) is 6.04 Å². The second-order valence-corrected chi connectivity index (χ2v) is 6.58. The molecule has 0 saturated carbocycles. The Morgan fingerprint density at radius 3 is 2.57 bits per heavy atom. The van der Waals surface area contributed by atoms with Crippen molar-refractivity contribution in [2.24, 2.45) is 0 Å². The Kier molecular flexibility index (Phi) is 2.93. The lowest BCUT2D eigenvalue weighted by Crippen LogP contribution is -2.45. The van der Waals surface area contributed by atoms with Gasteiger partial charge in [0.25, 0.3) is 0 Å². The SMILES string of the molecule is CCCCN1[C@@H]2Cc3ccccc3[C@@]1(C)c1ccccc12.